The second-order valence-electron chi connectivity index (χ2n) is 3.23. The summed E-state index contributed by atoms with van der Waals surface area (Å²) in [6.45, 7) is 2.22. The van der Waals surface area contributed by atoms with Gasteiger partial charge < -0.3 is 5.32 Å². The number of nitrogens with one attached hydrogen (secondary N) is 1. The van der Waals surface area contributed by atoms with Gasteiger partial charge in [0.25, 0.3) is 0 Å². The summed E-state index contributed by atoms with van der Waals surface area (Å²) in [6, 6.07) is 8.10. The molecule has 1 aromatic carbocycles. The van der Waals surface area contributed by atoms with Crippen LogP contribution >= 0.6 is 15.9 Å². The van der Waals surface area contributed by atoms with Crippen LogP contribution in [0.25, 0.3) is 6.08 Å². The monoisotopic (exact) mass is 267 g/mol. The number of halogens is 1. The Morgan fingerprint density at radius 3 is 2.67 bits per heavy atom. The zero-order chi connectivity index (χ0) is 11.1. The summed E-state index contributed by atoms with van der Waals surface area (Å²) in [5.41, 5.74) is 1.17. The predicted molar refractivity (Wildman–Crippen MR) is 66.5 cm³/mol. The zero-order valence-electron chi connectivity index (χ0n) is 8.66. The average molecular weight is 268 g/mol. The third kappa shape index (κ3) is 5.37. The van der Waals surface area contributed by atoms with Crippen molar-refractivity contribution in [2.24, 2.45) is 0 Å². The fourth-order valence-electron chi connectivity index (χ4n) is 1.12. The lowest BCUT2D eigenvalue weighted by Gasteiger charge is -1.97. The molecule has 0 radical (unpaired) electrons. The van der Waals surface area contributed by atoms with E-state index in [0.29, 0.717) is 6.54 Å². The maximum absolute atomic E-state index is 10.6. The summed E-state index contributed by atoms with van der Waals surface area (Å²) < 4.78 is 1.08. The molecule has 0 spiro atoms. The molecule has 1 rings (SSSR count). The first-order valence-electron chi connectivity index (χ1n) is 4.85. The van der Waals surface area contributed by atoms with E-state index in [2.05, 4.69) is 27.3 Å². The van der Waals surface area contributed by atoms with Crippen molar-refractivity contribution in [1.29, 1.82) is 0 Å². The van der Waals surface area contributed by atoms with Gasteiger partial charge >= 0.3 is 0 Å². The first kappa shape index (κ1) is 12.0. The van der Waals surface area contributed by atoms with Gasteiger partial charge in [-0.25, -0.2) is 0 Å². The fraction of sp³-hybridized carbons (Fsp3) is 0.250. The van der Waals surface area contributed by atoms with Gasteiger partial charge in [0, 0.05) is 17.9 Å². The molecule has 0 aliphatic heterocycles. The minimum atomic E-state index is 0.0204. The first-order valence-corrected chi connectivity index (χ1v) is 5.64. The lowest BCUT2D eigenvalue weighted by molar-refractivity contribution is -0.118. The summed E-state index contributed by atoms with van der Waals surface area (Å²) >= 11 is 3.38. The van der Waals surface area contributed by atoms with Crippen LogP contribution in [-0.4, -0.2) is 12.5 Å². The van der Waals surface area contributed by atoms with Crippen molar-refractivity contribution in [2.75, 3.05) is 6.54 Å². The third-order valence-corrected chi connectivity index (χ3v) is 2.39. The standard InChI is InChI=1S/C12H14BrNO/c1-10(15)14-9-3-2-4-11-5-7-12(13)8-6-11/h2,4-8H,3,9H2,1H3,(H,14,15). The van der Waals surface area contributed by atoms with E-state index in [9.17, 15) is 4.79 Å². The average Bonchev–Trinajstić information content (AvgIpc) is 2.20. The lowest BCUT2D eigenvalue weighted by Crippen LogP contribution is -2.20. The molecule has 80 valence electrons. The van der Waals surface area contributed by atoms with Crippen molar-refractivity contribution < 1.29 is 4.79 Å². The molecule has 0 saturated carbocycles. The van der Waals surface area contributed by atoms with Gasteiger partial charge in [0.15, 0.2) is 0 Å². The highest BCUT2D eigenvalue weighted by molar-refractivity contribution is 9.10. The molecule has 0 saturated heterocycles. The quantitative estimate of drug-likeness (QED) is 0.836. The minimum Gasteiger partial charge on any atom is -0.356 e. The normalized spacial score (nSPS) is 10.5. The molecule has 1 N–H and O–H groups in total. The molecule has 15 heavy (non-hydrogen) atoms. The van der Waals surface area contributed by atoms with Gasteiger partial charge in [-0.2, -0.15) is 0 Å². The van der Waals surface area contributed by atoms with Gasteiger partial charge in [0.05, 0.1) is 0 Å². The molecule has 0 aliphatic rings. The Balaban J connectivity index is 2.32. The van der Waals surface area contributed by atoms with E-state index >= 15 is 0 Å². The van der Waals surface area contributed by atoms with Crippen LogP contribution in [0.3, 0.4) is 0 Å². The number of carbonyl (C=O) groups is 1. The second-order valence-corrected chi connectivity index (χ2v) is 4.14. The van der Waals surface area contributed by atoms with Gasteiger partial charge in [-0.3, -0.25) is 4.79 Å². The van der Waals surface area contributed by atoms with Crippen LogP contribution in [0.2, 0.25) is 0 Å². The van der Waals surface area contributed by atoms with E-state index in [1.807, 2.05) is 30.3 Å². The highest BCUT2D eigenvalue weighted by Crippen LogP contribution is 2.11. The summed E-state index contributed by atoms with van der Waals surface area (Å²) in [6.07, 6.45) is 4.96. The third-order valence-electron chi connectivity index (χ3n) is 1.87. The van der Waals surface area contributed by atoms with Crippen LogP contribution in [-0.2, 0) is 4.79 Å². The van der Waals surface area contributed by atoms with Gasteiger partial charge in [-0.05, 0) is 24.1 Å². The smallest absolute Gasteiger partial charge is 0.216 e. The van der Waals surface area contributed by atoms with E-state index in [1.165, 1.54) is 12.5 Å². The molecular weight excluding hydrogens is 254 g/mol. The molecule has 3 heteroatoms. The lowest BCUT2D eigenvalue weighted by atomic mass is 10.2. The van der Waals surface area contributed by atoms with Crippen molar-refractivity contribution in [2.45, 2.75) is 13.3 Å². The fourth-order valence-corrected chi connectivity index (χ4v) is 1.39. The van der Waals surface area contributed by atoms with Gasteiger partial charge in [0.1, 0.15) is 0 Å². The first-order chi connectivity index (χ1) is 7.18. The Hall–Kier alpha value is -1.09. The Morgan fingerprint density at radius 2 is 2.07 bits per heavy atom. The molecule has 0 aromatic heterocycles. The van der Waals surface area contributed by atoms with E-state index in [1.54, 1.807) is 0 Å². The number of rotatable bonds is 4. The molecule has 0 unspecified atom stereocenters. The molecule has 0 heterocycles. The molecule has 2 nitrogen and oxygen atoms in total. The molecular formula is C12H14BrNO. The van der Waals surface area contributed by atoms with Crippen molar-refractivity contribution in [3.63, 3.8) is 0 Å². The largest absolute Gasteiger partial charge is 0.356 e. The molecule has 0 aliphatic carbocycles. The highest BCUT2D eigenvalue weighted by atomic mass is 79.9. The van der Waals surface area contributed by atoms with E-state index < -0.39 is 0 Å². The Labute approximate surface area is 98.5 Å². The molecule has 0 bridgehead atoms. The molecule has 1 amide bonds. The number of amides is 1. The van der Waals surface area contributed by atoms with Crippen LogP contribution in [0.1, 0.15) is 18.9 Å². The Kier molecular flexibility index (Phi) is 5.12. The number of benzene rings is 1. The maximum atomic E-state index is 10.6. The summed E-state index contributed by atoms with van der Waals surface area (Å²) in [7, 11) is 0. The Morgan fingerprint density at radius 1 is 1.40 bits per heavy atom. The van der Waals surface area contributed by atoms with E-state index in [-0.39, 0.29) is 5.91 Å². The number of carbonyl (C=O) groups excluding carboxylic acids is 1. The van der Waals surface area contributed by atoms with Gasteiger partial charge in [-0.15, -0.1) is 0 Å². The van der Waals surface area contributed by atoms with Crippen molar-refractivity contribution in [3.8, 4) is 0 Å². The summed E-state index contributed by atoms with van der Waals surface area (Å²) in [5.74, 6) is 0.0204. The molecule has 1 aromatic rings. The number of hydrogen-bond donors (Lipinski definition) is 1. The van der Waals surface area contributed by atoms with Crippen LogP contribution < -0.4 is 5.32 Å². The van der Waals surface area contributed by atoms with Crippen molar-refractivity contribution in [3.05, 3.63) is 40.4 Å². The molecule has 0 fully saturated rings. The summed E-state index contributed by atoms with van der Waals surface area (Å²) in [4.78, 5) is 10.6. The maximum Gasteiger partial charge on any atom is 0.216 e. The summed E-state index contributed by atoms with van der Waals surface area (Å²) in [5, 5.41) is 2.74. The Bertz CT molecular complexity index is 343. The van der Waals surface area contributed by atoms with Crippen LogP contribution in [0.15, 0.2) is 34.8 Å². The van der Waals surface area contributed by atoms with Crippen LogP contribution in [0, 0.1) is 0 Å². The SMILES string of the molecule is CC(=O)NCCC=Cc1ccc(Br)cc1. The second kappa shape index (κ2) is 6.40. The van der Waals surface area contributed by atoms with E-state index in [0.717, 1.165) is 10.9 Å². The van der Waals surface area contributed by atoms with Crippen molar-refractivity contribution >= 4 is 27.9 Å². The minimum absolute atomic E-state index is 0.0204. The van der Waals surface area contributed by atoms with Crippen molar-refractivity contribution in [1.82, 2.24) is 5.32 Å². The van der Waals surface area contributed by atoms with Crippen LogP contribution in [0.5, 0.6) is 0 Å². The highest BCUT2D eigenvalue weighted by Gasteiger charge is 1.88. The van der Waals surface area contributed by atoms with Crippen LogP contribution in [0.4, 0.5) is 0 Å². The zero-order valence-corrected chi connectivity index (χ0v) is 10.3. The van der Waals surface area contributed by atoms with Gasteiger partial charge in [-0.1, -0.05) is 40.2 Å². The topological polar surface area (TPSA) is 29.1 Å². The van der Waals surface area contributed by atoms with E-state index in [4.69, 9.17) is 0 Å². The number of hydrogen-bond acceptors (Lipinski definition) is 1. The predicted octanol–water partition coefficient (Wildman–Crippen LogP) is 2.99. The molecule has 0 atom stereocenters. The van der Waals surface area contributed by atoms with Gasteiger partial charge in [0.2, 0.25) is 5.91 Å².